The molecule has 9 heteroatoms. The SMILES string of the molecule is CCOC(=O)CNC(O)(OCc1ccc(C)cc1)P(=O)(O)O. The molecular formula is C13H20NO7P. The fourth-order valence-corrected chi connectivity index (χ4v) is 2.02. The molecule has 0 radical (unpaired) electrons. The minimum atomic E-state index is -5.09. The van der Waals surface area contributed by atoms with Crippen LogP contribution in [0.1, 0.15) is 18.1 Å². The first-order chi connectivity index (χ1) is 10.2. The van der Waals surface area contributed by atoms with E-state index < -0.39 is 25.8 Å². The summed E-state index contributed by atoms with van der Waals surface area (Å²) in [7, 11) is -5.09. The van der Waals surface area contributed by atoms with Crippen LogP contribution in [0, 0.1) is 6.92 Å². The average Bonchev–Trinajstić information content (AvgIpc) is 2.44. The third-order valence-electron chi connectivity index (χ3n) is 2.72. The monoisotopic (exact) mass is 333 g/mol. The van der Waals surface area contributed by atoms with Gasteiger partial charge in [-0.15, -0.1) is 0 Å². The Balaban J connectivity index is 2.73. The van der Waals surface area contributed by atoms with Crippen LogP contribution in [0.4, 0.5) is 0 Å². The van der Waals surface area contributed by atoms with Crippen LogP contribution >= 0.6 is 7.60 Å². The molecule has 8 nitrogen and oxygen atoms in total. The number of nitrogens with one attached hydrogen (secondary N) is 1. The zero-order valence-electron chi connectivity index (χ0n) is 12.4. The second-order valence-electron chi connectivity index (χ2n) is 4.59. The maximum atomic E-state index is 11.4. The third-order valence-corrected chi connectivity index (χ3v) is 3.80. The number of benzene rings is 1. The highest BCUT2D eigenvalue weighted by Gasteiger charge is 2.47. The highest BCUT2D eigenvalue weighted by Crippen LogP contribution is 2.47. The van der Waals surface area contributed by atoms with E-state index >= 15 is 0 Å². The molecule has 0 spiro atoms. The Morgan fingerprint density at radius 3 is 2.41 bits per heavy atom. The zero-order valence-corrected chi connectivity index (χ0v) is 13.2. The number of hydrogen-bond acceptors (Lipinski definition) is 6. The molecule has 0 aliphatic rings. The summed E-state index contributed by atoms with van der Waals surface area (Å²) in [6.45, 7) is 2.72. The van der Waals surface area contributed by atoms with Gasteiger partial charge in [0.15, 0.2) is 0 Å². The van der Waals surface area contributed by atoms with Crippen LogP contribution in [-0.2, 0) is 25.4 Å². The van der Waals surface area contributed by atoms with Crippen LogP contribution in [0.3, 0.4) is 0 Å². The number of carbonyl (C=O) groups is 1. The van der Waals surface area contributed by atoms with Crippen LogP contribution in [0.25, 0.3) is 0 Å². The minimum Gasteiger partial charge on any atom is -0.465 e. The van der Waals surface area contributed by atoms with Gasteiger partial charge in [0.05, 0.1) is 19.8 Å². The standard InChI is InChI=1S/C13H20NO7P/c1-3-20-12(15)8-14-13(16,22(17,18)19)21-9-11-6-4-10(2)5-7-11/h4-7,14,16H,3,8-9H2,1-2H3,(H2,17,18,19). The highest BCUT2D eigenvalue weighted by molar-refractivity contribution is 7.53. The highest BCUT2D eigenvalue weighted by atomic mass is 31.2. The molecule has 0 saturated carbocycles. The molecular weight excluding hydrogens is 313 g/mol. The van der Waals surface area contributed by atoms with Crippen LogP contribution in [0.5, 0.6) is 0 Å². The summed E-state index contributed by atoms with van der Waals surface area (Å²) < 4.78 is 20.9. The van der Waals surface area contributed by atoms with Gasteiger partial charge in [-0.25, -0.2) is 5.32 Å². The number of carbonyl (C=O) groups excluding carboxylic acids is 1. The van der Waals surface area contributed by atoms with E-state index in [1.165, 1.54) is 0 Å². The molecule has 0 amide bonds. The number of aryl methyl sites for hydroxylation is 1. The lowest BCUT2D eigenvalue weighted by Crippen LogP contribution is -2.49. The van der Waals surface area contributed by atoms with Crippen molar-refractivity contribution in [3.05, 3.63) is 35.4 Å². The van der Waals surface area contributed by atoms with Gasteiger partial charge in [-0.3, -0.25) is 9.36 Å². The Kier molecular flexibility index (Phi) is 6.67. The minimum absolute atomic E-state index is 0.110. The van der Waals surface area contributed by atoms with Crippen LogP contribution < -0.4 is 5.32 Å². The van der Waals surface area contributed by atoms with Gasteiger partial charge >= 0.3 is 19.2 Å². The fraction of sp³-hybridized carbons (Fsp3) is 0.462. The molecule has 1 rings (SSSR count). The molecule has 1 atom stereocenters. The van der Waals surface area contributed by atoms with Crippen LogP contribution in [-0.4, -0.2) is 39.7 Å². The summed E-state index contributed by atoms with van der Waals surface area (Å²) in [5, 5.41) is 12.0. The number of ether oxygens (including phenoxy) is 2. The maximum absolute atomic E-state index is 11.4. The summed E-state index contributed by atoms with van der Waals surface area (Å²) in [6.07, 6.45) is 0. The predicted octanol–water partition coefficient (Wildman–Crippen LogP) is 0.446. The Bertz CT molecular complexity index is 542. The Hall–Kier alpha value is -1.28. The van der Waals surface area contributed by atoms with Crippen molar-refractivity contribution in [1.29, 1.82) is 0 Å². The van der Waals surface area contributed by atoms with E-state index in [0.717, 1.165) is 5.56 Å². The largest absolute Gasteiger partial charge is 0.465 e. The quantitative estimate of drug-likeness (QED) is 0.307. The second-order valence-corrected chi connectivity index (χ2v) is 6.28. The van der Waals surface area contributed by atoms with Crippen molar-refractivity contribution in [2.45, 2.75) is 26.1 Å². The van der Waals surface area contributed by atoms with E-state index in [9.17, 15) is 24.3 Å². The van der Waals surface area contributed by atoms with Crippen molar-refractivity contribution in [3.8, 4) is 0 Å². The molecule has 0 aliphatic carbocycles. The normalized spacial score (nSPS) is 14.4. The van der Waals surface area contributed by atoms with E-state index in [1.807, 2.05) is 12.2 Å². The van der Waals surface area contributed by atoms with Gasteiger partial charge < -0.3 is 24.4 Å². The number of rotatable bonds is 8. The van der Waals surface area contributed by atoms with E-state index in [-0.39, 0.29) is 13.2 Å². The summed E-state index contributed by atoms with van der Waals surface area (Å²) in [4.78, 5) is 29.7. The van der Waals surface area contributed by atoms with E-state index in [2.05, 4.69) is 4.74 Å². The summed E-state index contributed by atoms with van der Waals surface area (Å²) in [6, 6.07) is 6.98. The first-order valence-electron chi connectivity index (χ1n) is 6.56. The second kappa shape index (κ2) is 7.82. The van der Waals surface area contributed by atoms with E-state index in [0.29, 0.717) is 5.56 Å². The van der Waals surface area contributed by atoms with E-state index in [4.69, 9.17) is 4.74 Å². The van der Waals surface area contributed by atoms with Gasteiger partial charge in [0, 0.05) is 0 Å². The maximum Gasteiger partial charge on any atom is 0.401 e. The first kappa shape index (κ1) is 18.8. The first-order valence-corrected chi connectivity index (χ1v) is 8.17. The topological polar surface area (TPSA) is 125 Å². The van der Waals surface area contributed by atoms with Gasteiger partial charge in [0.25, 0.3) is 0 Å². The Labute approximate surface area is 128 Å². The van der Waals surface area contributed by atoms with Gasteiger partial charge in [-0.1, -0.05) is 29.8 Å². The number of esters is 1. The Morgan fingerprint density at radius 2 is 1.91 bits per heavy atom. The van der Waals surface area contributed by atoms with Crippen molar-refractivity contribution >= 4 is 13.6 Å². The third kappa shape index (κ3) is 5.49. The van der Waals surface area contributed by atoms with E-state index in [1.54, 1.807) is 31.2 Å². The smallest absolute Gasteiger partial charge is 0.401 e. The predicted molar refractivity (Wildman–Crippen MR) is 77.6 cm³/mol. The summed E-state index contributed by atoms with van der Waals surface area (Å²) >= 11 is 0. The van der Waals surface area contributed by atoms with Crippen LogP contribution in [0.15, 0.2) is 24.3 Å². The fourth-order valence-electron chi connectivity index (χ4n) is 1.51. The van der Waals surface area contributed by atoms with Gasteiger partial charge in [-0.2, -0.15) is 0 Å². The number of aliphatic hydroxyl groups is 1. The van der Waals surface area contributed by atoms with Crippen molar-refractivity contribution in [3.63, 3.8) is 0 Å². The molecule has 124 valence electrons. The molecule has 0 bridgehead atoms. The molecule has 4 N–H and O–H groups in total. The molecule has 22 heavy (non-hydrogen) atoms. The lowest BCUT2D eigenvalue weighted by atomic mass is 10.2. The molecule has 0 aliphatic heterocycles. The Morgan fingerprint density at radius 1 is 1.32 bits per heavy atom. The van der Waals surface area contributed by atoms with Gasteiger partial charge in [0.2, 0.25) is 0 Å². The molecule has 0 saturated heterocycles. The molecule has 1 aromatic rings. The van der Waals surface area contributed by atoms with Crippen molar-refractivity contribution in [2.24, 2.45) is 0 Å². The average molecular weight is 333 g/mol. The molecule has 0 fully saturated rings. The van der Waals surface area contributed by atoms with Gasteiger partial charge in [0.1, 0.15) is 0 Å². The lowest BCUT2D eigenvalue weighted by molar-refractivity contribution is -0.184. The lowest BCUT2D eigenvalue weighted by Gasteiger charge is -2.29. The van der Waals surface area contributed by atoms with Crippen molar-refractivity contribution < 1.29 is 33.7 Å². The number of hydrogen-bond donors (Lipinski definition) is 4. The van der Waals surface area contributed by atoms with Gasteiger partial charge in [-0.05, 0) is 19.4 Å². The summed E-state index contributed by atoms with van der Waals surface area (Å²) in [5.41, 5.74) is -1.35. The molecule has 1 aromatic carbocycles. The van der Waals surface area contributed by atoms with Crippen molar-refractivity contribution in [2.75, 3.05) is 13.2 Å². The summed E-state index contributed by atoms with van der Waals surface area (Å²) in [5.74, 6) is -0.770. The molecule has 0 aromatic heterocycles. The van der Waals surface area contributed by atoms with Crippen LogP contribution in [0.2, 0.25) is 0 Å². The molecule has 0 heterocycles. The van der Waals surface area contributed by atoms with Crippen molar-refractivity contribution in [1.82, 2.24) is 5.32 Å². The molecule has 1 unspecified atom stereocenters. The zero-order chi connectivity index (χ0) is 16.8.